The van der Waals surface area contributed by atoms with Crippen molar-refractivity contribution in [2.24, 2.45) is 0 Å². The molecule has 0 radical (unpaired) electrons. The first-order valence-electron chi connectivity index (χ1n) is 14.0. The molecule has 0 aliphatic carbocycles. The molecule has 2 heteroatoms. The van der Waals surface area contributed by atoms with Crippen LogP contribution in [0.25, 0.3) is 54.3 Å². The Labute approximate surface area is 238 Å². The van der Waals surface area contributed by atoms with E-state index < -0.39 is 0 Å². The average Bonchev–Trinajstić information content (AvgIpc) is 3.05. The van der Waals surface area contributed by atoms with Crippen molar-refractivity contribution in [2.75, 3.05) is 4.90 Å². The zero-order valence-electron chi connectivity index (χ0n) is 22.4. The van der Waals surface area contributed by atoms with Crippen LogP contribution >= 0.6 is 0 Å². The maximum absolute atomic E-state index is 5.36. The number of benzene rings is 7. The predicted octanol–water partition coefficient (Wildman–Crippen LogP) is 10.8. The van der Waals surface area contributed by atoms with E-state index >= 15 is 0 Å². The molecular formula is C39H26N2. The summed E-state index contributed by atoms with van der Waals surface area (Å²) < 4.78 is 0. The number of para-hydroxylation sites is 2. The van der Waals surface area contributed by atoms with Crippen LogP contribution in [0.4, 0.5) is 17.2 Å². The van der Waals surface area contributed by atoms with Crippen LogP contribution in [0.3, 0.4) is 0 Å². The molecule has 0 amide bonds. The SMILES string of the molecule is c1ccc(-c2ccccc2N(c2ccc3ccc4ccccc4c3c2)c2nc3ccccc3c3ccccc23)cc1. The summed E-state index contributed by atoms with van der Waals surface area (Å²) >= 11 is 0. The van der Waals surface area contributed by atoms with Gasteiger partial charge >= 0.3 is 0 Å². The number of hydrogen-bond donors (Lipinski definition) is 0. The Hall–Kier alpha value is -5.47. The molecule has 7 aromatic carbocycles. The van der Waals surface area contributed by atoms with Gasteiger partial charge in [-0.05, 0) is 56.8 Å². The lowest BCUT2D eigenvalue weighted by atomic mass is 9.99. The summed E-state index contributed by atoms with van der Waals surface area (Å²) in [6.07, 6.45) is 0. The molecule has 0 atom stereocenters. The molecule has 0 spiro atoms. The first-order valence-corrected chi connectivity index (χ1v) is 14.0. The largest absolute Gasteiger partial charge is 0.294 e. The third-order valence-electron chi connectivity index (χ3n) is 8.02. The monoisotopic (exact) mass is 522 g/mol. The van der Waals surface area contributed by atoms with Gasteiger partial charge in [-0.15, -0.1) is 0 Å². The van der Waals surface area contributed by atoms with Gasteiger partial charge in [-0.1, -0.05) is 133 Å². The summed E-state index contributed by atoms with van der Waals surface area (Å²) in [7, 11) is 0. The van der Waals surface area contributed by atoms with Gasteiger partial charge in [0.05, 0.1) is 11.2 Å². The van der Waals surface area contributed by atoms with E-state index in [9.17, 15) is 0 Å². The molecule has 8 rings (SSSR count). The van der Waals surface area contributed by atoms with Crippen LogP contribution < -0.4 is 4.90 Å². The molecule has 0 saturated carbocycles. The number of anilines is 3. The van der Waals surface area contributed by atoms with Gasteiger partial charge in [0.2, 0.25) is 0 Å². The molecule has 0 aliphatic rings. The summed E-state index contributed by atoms with van der Waals surface area (Å²) in [6.45, 7) is 0. The molecule has 41 heavy (non-hydrogen) atoms. The Kier molecular flexibility index (Phi) is 5.49. The van der Waals surface area contributed by atoms with Crippen LogP contribution in [-0.2, 0) is 0 Å². The van der Waals surface area contributed by atoms with Gasteiger partial charge in [0, 0.05) is 22.0 Å². The number of nitrogens with zero attached hydrogens (tertiary/aromatic N) is 2. The van der Waals surface area contributed by atoms with E-state index in [2.05, 4.69) is 163 Å². The molecular weight excluding hydrogens is 496 g/mol. The second-order valence-electron chi connectivity index (χ2n) is 10.4. The maximum Gasteiger partial charge on any atom is 0.146 e. The van der Waals surface area contributed by atoms with Crippen LogP contribution in [0, 0.1) is 0 Å². The number of rotatable bonds is 4. The van der Waals surface area contributed by atoms with Crippen molar-refractivity contribution in [2.45, 2.75) is 0 Å². The highest BCUT2D eigenvalue weighted by atomic mass is 15.2. The lowest BCUT2D eigenvalue weighted by Crippen LogP contribution is -2.13. The van der Waals surface area contributed by atoms with Crippen molar-refractivity contribution in [3.8, 4) is 11.1 Å². The first-order chi connectivity index (χ1) is 20.3. The summed E-state index contributed by atoms with van der Waals surface area (Å²) in [6, 6.07) is 56.2. The fraction of sp³-hybridized carbons (Fsp3) is 0. The highest BCUT2D eigenvalue weighted by Crippen LogP contribution is 2.44. The van der Waals surface area contributed by atoms with E-state index in [1.807, 2.05) is 0 Å². The average molecular weight is 523 g/mol. The normalized spacial score (nSPS) is 11.4. The fourth-order valence-corrected chi connectivity index (χ4v) is 6.09. The molecule has 192 valence electrons. The zero-order chi connectivity index (χ0) is 27.2. The Balaban J connectivity index is 1.49. The topological polar surface area (TPSA) is 16.1 Å². The second-order valence-corrected chi connectivity index (χ2v) is 10.4. The first kappa shape index (κ1) is 23.4. The number of aromatic nitrogens is 1. The van der Waals surface area contributed by atoms with Crippen molar-refractivity contribution in [3.05, 3.63) is 158 Å². The minimum atomic E-state index is 0.919. The van der Waals surface area contributed by atoms with Crippen LogP contribution in [0.1, 0.15) is 0 Å². The lowest BCUT2D eigenvalue weighted by Gasteiger charge is -2.28. The third-order valence-corrected chi connectivity index (χ3v) is 8.02. The van der Waals surface area contributed by atoms with E-state index in [0.29, 0.717) is 0 Å². The zero-order valence-corrected chi connectivity index (χ0v) is 22.4. The molecule has 2 nitrogen and oxygen atoms in total. The van der Waals surface area contributed by atoms with Crippen LogP contribution in [0.2, 0.25) is 0 Å². The van der Waals surface area contributed by atoms with Gasteiger partial charge in [-0.25, -0.2) is 4.98 Å². The van der Waals surface area contributed by atoms with E-state index in [1.165, 1.54) is 32.5 Å². The molecule has 0 unspecified atom stereocenters. The predicted molar refractivity (Wildman–Crippen MR) is 174 cm³/mol. The number of fused-ring (bicyclic) bond motifs is 6. The fourth-order valence-electron chi connectivity index (χ4n) is 6.09. The quantitative estimate of drug-likeness (QED) is 0.214. The summed E-state index contributed by atoms with van der Waals surface area (Å²) in [5.74, 6) is 0.919. The Morgan fingerprint density at radius 3 is 1.88 bits per heavy atom. The van der Waals surface area contributed by atoms with Gasteiger partial charge in [-0.3, -0.25) is 4.90 Å². The van der Waals surface area contributed by atoms with Gasteiger partial charge in [0.1, 0.15) is 5.82 Å². The molecule has 0 bridgehead atoms. The highest BCUT2D eigenvalue weighted by molar-refractivity contribution is 6.13. The molecule has 1 heterocycles. The van der Waals surface area contributed by atoms with E-state index in [0.717, 1.165) is 39.0 Å². The van der Waals surface area contributed by atoms with Gasteiger partial charge < -0.3 is 0 Å². The van der Waals surface area contributed by atoms with Gasteiger partial charge in [-0.2, -0.15) is 0 Å². The van der Waals surface area contributed by atoms with Crippen molar-refractivity contribution in [3.63, 3.8) is 0 Å². The standard InChI is InChI=1S/C39H26N2/c1-2-12-27(13-3-1)32-16-9-11-21-38(32)41(30-25-24-29-23-22-28-14-4-5-15-31(28)36(29)26-30)39-35-19-7-6-17-33(35)34-18-8-10-20-37(34)40-39/h1-26H. The van der Waals surface area contributed by atoms with Gasteiger partial charge in [0.25, 0.3) is 0 Å². The Morgan fingerprint density at radius 1 is 0.415 bits per heavy atom. The smallest absolute Gasteiger partial charge is 0.146 e. The van der Waals surface area contributed by atoms with Crippen LogP contribution in [-0.4, -0.2) is 4.98 Å². The third kappa shape index (κ3) is 3.92. The summed E-state index contributed by atoms with van der Waals surface area (Å²) in [4.78, 5) is 7.71. The maximum atomic E-state index is 5.36. The molecule has 0 fully saturated rings. The molecule has 8 aromatic rings. The molecule has 0 aliphatic heterocycles. The minimum absolute atomic E-state index is 0.919. The van der Waals surface area contributed by atoms with E-state index in [4.69, 9.17) is 4.98 Å². The summed E-state index contributed by atoms with van der Waals surface area (Å²) in [5, 5.41) is 8.41. The van der Waals surface area contributed by atoms with Gasteiger partial charge in [0.15, 0.2) is 0 Å². The van der Waals surface area contributed by atoms with E-state index in [-0.39, 0.29) is 0 Å². The number of pyridine rings is 1. The van der Waals surface area contributed by atoms with Crippen molar-refractivity contribution in [1.82, 2.24) is 4.98 Å². The molecule has 1 aromatic heterocycles. The number of hydrogen-bond acceptors (Lipinski definition) is 2. The van der Waals surface area contributed by atoms with Crippen molar-refractivity contribution < 1.29 is 0 Å². The van der Waals surface area contributed by atoms with Crippen LogP contribution in [0.5, 0.6) is 0 Å². The Bertz CT molecular complexity index is 2220. The van der Waals surface area contributed by atoms with E-state index in [1.54, 1.807) is 0 Å². The highest BCUT2D eigenvalue weighted by Gasteiger charge is 2.22. The minimum Gasteiger partial charge on any atom is -0.294 e. The molecule has 0 saturated heterocycles. The summed E-state index contributed by atoms with van der Waals surface area (Å²) in [5.41, 5.74) is 5.47. The Morgan fingerprint density at radius 2 is 1.02 bits per heavy atom. The molecule has 0 N–H and O–H groups in total. The second kappa shape index (κ2) is 9.62. The lowest BCUT2D eigenvalue weighted by molar-refractivity contribution is 1.23. The van der Waals surface area contributed by atoms with Crippen molar-refractivity contribution >= 4 is 60.4 Å². The van der Waals surface area contributed by atoms with Crippen LogP contribution in [0.15, 0.2) is 158 Å². The van der Waals surface area contributed by atoms with Crippen molar-refractivity contribution in [1.29, 1.82) is 0 Å².